The van der Waals surface area contributed by atoms with Gasteiger partial charge in [0.25, 0.3) is 5.69 Å². The van der Waals surface area contributed by atoms with Crippen molar-refractivity contribution in [3.63, 3.8) is 0 Å². The number of nitro benzene ring substituents is 1. The van der Waals surface area contributed by atoms with E-state index in [2.05, 4.69) is 0 Å². The van der Waals surface area contributed by atoms with Crippen LogP contribution in [0.15, 0.2) is 17.0 Å². The molecule has 0 bridgehead atoms. The number of hydrogen-bond donors (Lipinski definition) is 1. The van der Waals surface area contributed by atoms with Gasteiger partial charge in [-0.25, -0.2) is 9.18 Å². The van der Waals surface area contributed by atoms with Crippen LogP contribution >= 0.6 is 11.8 Å². The first-order valence-corrected chi connectivity index (χ1v) is 7.25. The molecule has 2 rings (SSSR count). The van der Waals surface area contributed by atoms with Crippen molar-refractivity contribution in [3.05, 3.63) is 33.6 Å². The molecule has 1 fully saturated rings. The summed E-state index contributed by atoms with van der Waals surface area (Å²) in [4.78, 5) is 21.4. The van der Waals surface area contributed by atoms with Gasteiger partial charge < -0.3 is 5.11 Å². The van der Waals surface area contributed by atoms with E-state index in [0.717, 1.165) is 44.2 Å². The second-order valence-electron chi connectivity index (χ2n) is 4.74. The Bertz CT molecular complexity index is 543. The molecule has 1 saturated carbocycles. The molecule has 1 aliphatic rings. The molecule has 0 unspecified atom stereocenters. The summed E-state index contributed by atoms with van der Waals surface area (Å²) in [7, 11) is 0. The quantitative estimate of drug-likeness (QED) is 0.674. The first-order chi connectivity index (χ1) is 9.49. The van der Waals surface area contributed by atoms with Crippen molar-refractivity contribution in [1.29, 1.82) is 0 Å². The molecular weight excluding hydrogens is 285 g/mol. The third-order valence-corrected chi connectivity index (χ3v) is 4.71. The lowest BCUT2D eigenvalue weighted by molar-refractivity contribution is -0.387. The number of halogens is 1. The van der Waals surface area contributed by atoms with Crippen molar-refractivity contribution in [2.24, 2.45) is 0 Å². The van der Waals surface area contributed by atoms with Crippen LogP contribution in [0.5, 0.6) is 0 Å². The topological polar surface area (TPSA) is 80.4 Å². The van der Waals surface area contributed by atoms with Gasteiger partial charge in [0.05, 0.1) is 9.82 Å². The van der Waals surface area contributed by atoms with Crippen LogP contribution in [-0.2, 0) is 0 Å². The van der Waals surface area contributed by atoms with E-state index in [1.54, 1.807) is 0 Å². The zero-order valence-corrected chi connectivity index (χ0v) is 11.5. The summed E-state index contributed by atoms with van der Waals surface area (Å²) < 4.78 is 13.7. The maximum absolute atomic E-state index is 13.7. The van der Waals surface area contributed by atoms with Crippen LogP contribution in [0.4, 0.5) is 10.1 Å². The first-order valence-electron chi connectivity index (χ1n) is 6.37. The Balaban J connectivity index is 2.33. The van der Waals surface area contributed by atoms with Crippen LogP contribution in [0, 0.1) is 15.9 Å². The van der Waals surface area contributed by atoms with E-state index in [1.807, 2.05) is 0 Å². The largest absolute Gasteiger partial charge is 0.478 e. The van der Waals surface area contributed by atoms with Crippen molar-refractivity contribution in [1.82, 2.24) is 0 Å². The van der Waals surface area contributed by atoms with Crippen LogP contribution in [0.1, 0.15) is 42.5 Å². The molecular formula is C13H14FNO4S. The standard InChI is InChI=1S/C13H14FNO4S/c14-10-7-12(20-8-4-2-1-3-5-8)11(15(18)19)6-9(10)13(16)17/h6-8H,1-5H2,(H,16,17). The number of thioether (sulfide) groups is 1. The summed E-state index contributed by atoms with van der Waals surface area (Å²) in [6, 6.07) is 1.78. The van der Waals surface area contributed by atoms with E-state index in [9.17, 15) is 19.3 Å². The minimum absolute atomic E-state index is 0.212. The molecule has 0 saturated heterocycles. The number of aromatic carboxylic acids is 1. The zero-order valence-electron chi connectivity index (χ0n) is 10.7. The molecule has 1 N–H and O–H groups in total. The normalized spacial score (nSPS) is 16.1. The Hall–Kier alpha value is -1.63. The van der Waals surface area contributed by atoms with Gasteiger partial charge in [-0.15, -0.1) is 11.8 Å². The van der Waals surface area contributed by atoms with Crippen molar-refractivity contribution in [3.8, 4) is 0 Å². The zero-order chi connectivity index (χ0) is 14.7. The van der Waals surface area contributed by atoms with Crippen LogP contribution in [0.3, 0.4) is 0 Å². The van der Waals surface area contributed by atoms with Crippen LogP contribution < -0.4 is 0 Å². The van der Waals surface area contributed by atoms with E-state index in [1.165, 1.54) is 11.8 Å². The fraction of sp³-hybridized carbons (Fsp3) is 0.462. The lowest BCUT2D eigenvalue weighted by Gasteiger charge is -2.20. The predicted octanol–water partition coefficient (Wildman–Crippen LogP) is 3.86. The average Bonchev–Trinajstić information content (AvgIpc) is 2.39. The van der Waals surface area contributed by atoms with E-state index >= 15 is 0 Å². The maximum Gasteiger partial charge on any atom is 0.338 e. The van der Waals surface area contributed by atoms with E-state index in [-0.39, 0.29) is 15.8 Å². The van der Waals surface area contributed by atoms with Gasteiger partial charge in [0.15, 0.2) is 0 Å². The number of rotatable bonds is 4. The van der Waals surface area contributed by atoms with Crippen LogP contribution in [-0.4, -0.2) is 21.2 Å². The highest BCUT2D eigenvalue weighted by Gasteiger charge is 2.25. The molecule has 0 aliphatic heterocycles. The Kier molecular flexibility index (Phi) is 4.59. The fourth-order valence-electron chi connectivity index (χ4n) is 2.31. The van der Waals surface area contributed by atoms with Crippen molar-refractivity contribution < 1.29 is 19.2 Å². The molecule has 0 amide bonds. The summed E-state index contributed by atoms with van der Waals surface area (Å²) in [6.07, 6.45) is 5.20. The van der Waals surface area contributed by atoms with Gasteiger partial charge in [0.2, 0.25) is 0 Å². The van der Waals surface area contributed by atoms with Crippen LogP contribution in [0.2, 0.25) is 0 Å². The number of carboxylic acids is 1. The third kappa shape index (κ3) is 3.27. The van der Waals surface area contributed by atoms with Gasteiger partial charge in [0.1, 0.15) is 11.4 Å². The molecule has 108 valence electrons. The minimum Gasteiger partial charge on any atom is -0.478 e. The predicted molar refractivity (Wildman–Crippen MR) is 72.7 cm³/mol. The second kappa shape index (κ2) is 6.21. The van der Waals surface area contributed by atoms with Gasteiger partial charge in [-0.1, -0.05) is 19.3 Å². The smallest absolute Gasteiger partial charge is 0.338 e. The molecule has 1 aliphatic carbocycles. The number of benzene rings is 1. The lowest BCUT2D eigenvalue weighted by atomic mass is 10.0. The van der Waals surface area contributed by atoms with Gasteiger partial charge in [-0.3, -0.25) is 10.1 Å². The van der Waals surface area contributed by atoms with Gasteiger partial charge >= 0.3 is 5.97 Å². The molecule has 0 aromatic heterocycles. The Labute approximate surface area is 119 Å². The first kappa shape index (κ1) is 14.8. The van der Waals surface area contributed by atoms with Crippen molar-refractivity contribution in [2.75, 3.05) is 0 Å². The molecule has 20 heavy (non-hydrogen) atoms. The van der Waals surface area contributed by atoms with E-state index in [0.29, 0.717) is 0 Å². The van der Waals surface area contributed by atoms with Gasteiger partial charge in [-0.2, -0.15) is 0 Å². The monoisotopic (exact) mass is 299 g/mol. The Morgan fingerprint density at radius 2 is 2.00 bits per heavy atom. The van der Waals surface area contributed by atoms with E-state index < -0.39 is 22.3 Å². The summed E-state index contributed by atoms with van der Waals surface area (Å²) in [5, 5.41) is 20.1. The van der Waals surface area contributed by atoms with Gasteiger partial charge in [0, 0.05) is 11.3 Å². The second-order valence-corrected chi connectivity index (χ2v) is 6.08. The Morgan fingerprint density at radius 3 is 2.55 bits per heavy atom. The molecule has 0 atom stereocenters. The van der Waals surface area contributed by atoms with Crippen molar-refractivity contribution >= 4 is 23.4 Å². The highest BCUT2D eigenvalue weighted by Crippen LogP contribution is 2.39. The summed E-state index contributed by atoms with van der Waals surface area (Å²) in [6.45, 7) is 0. The fourth-order valence-corrected chi connectivity index (χ4v) is 3.66. The lowest BCUT2D eigenvalue weighted by Crippen LogP contribution is -2.09. The molecule has 1 aromatic carbocycles. The summed E-state index contributed by atoms with van der Waals surface area (Å²) in [5.41, 5.74) is -0.996. The minimum atomic E-state index is -1.50. The SMILES string of the molecule is O=C(O)c1cc([N+](=O)[O-])c(SC2CCCCC2)cc1F. The van der Waals surface area contributed by atoms with E-state index in [4.69, 9.17) is 5.11 Å². The third-order valence-electron chi connectivity index (χ3n) is 3.32. The highest BCUT2D eigenvalue weighted by molar-refractivity contribution is 8.00. The maximum atomic E-state index is 13.7. The van der Waals surface area contributed by atoms with Gasteiger partial charge in [-0.05, 0) is 18.9 Å². The molecule has 0 radical (unpaired) electrons. The Morgan fingerprint density at radius 1 is 1.35 bits per heavy atom. The summed E-state index contributed by atoms with van der Waals surface area (Å²) >= 11 is 1.28. The van der Waals surface area contributed by atoms with Crippen molar-refractivity contribution in [2.45, 2.75) is 42.2 Å². The average molecular weight is 299 g/mol. The summed E-state index contributed by atoms with van der Waals surface area (Å²) in [5.74, 6) is -2.43. The molecule has 0 heterocycles. The number of nitrogens with zero attached hydrogens (tertiary/aromatic N) is 1. The molecule has 5 nitrogen and oxygen atoms in total. The van der Waals surface area contributed by atoms with Crippen LogP contribution in [0.25, 0.3) is 0 Å². The molecule has 1 aromatic rings. The number of nitro groups is 1. The number of carbonyl (C=O) groups is 1. The number of hydrogen-bond acceptors (Lipinski definition) is 4. The highest BCUT2D eigenvalue weighted by atomic mass is 32.2. The number of carboxylic acid groups (broad SMARTS) is 1. The molecule has 0 spiro atoms. The molecule has 7 heteroatoms.